The van der Waals surface area contributed by atoms with Gasteiger partial charge in [-0.25, -0.2) is 4.98 Å². The molecule has 3 rings (SSSR count). The van der Waals surface area contributed by atoms with Crippen LogP contribution >= 0.6 is 11.3 Å². The minimum atomic E-state index is -4.32. The normalized spacial score (nSPS) is 16.8. The molecule has 0 spiro atoms. The summed E-state index contributed by atoms with van der Waals surface area (Å²) in [6.45, 7) is 1.34. The first-order valence-electron chi connectivity index (χ1n) is 6.84. The molecule has 0 aliphatic carbocycles. The first-order valence-corrected chi connectivity index (χ1v) is 7.66. The van der Waals surface area contributed by atoms with E-state index in [1.54, 1.807) is 12.3 Å². The van der Waals surface area contributed by atoms with E-state index in [0.29, 0.717) is 29.6 Å². The van der Waals surface area contributed by atoms with Crippen molar-refractivity contribution >= 4 is 22.3 Å². The van der Waals surface area contributed by atoms with Crippen LogP contribution in [0.5, 0.6) is 0 Å². The Morgan fingerprint density at radius 2 is 2.05 bits per heavy atom. The lowest BCUT2D eigenvalue weighted by molar-refractivity contribution is -0.134. The molecule has 1 fully saturated rings. The number of halogens is 3. The number of alkyl halides is 3. The van der Waals surface area contributed by atoms with Gasteiger partial charge in [0.1, 0.15) is 10.7 Å². The second kappa shape index (κ2) is 6.07. The van der Waals surface area contributed by atoms with Crippen LogP contribution in [-0.2, 0) is 6.18 Å². The molecule has 1 aliphatic rings. The molecular weight excluding hydrogens is 315 g/mol. The fraction of sp³-hybridized carbons (Fsp3) is 0.462. The lowest BCUT2D eigenvalue weighted by Gasteiger charge is -2.32. The molecule has 9 heteroatoms. The van der Waals surface area contributed by atoms with Crippen molar-refractivity contribution in [3.63, 3.8) is 0 Å². The number of hydrogen-bond acceptors (Lipinski definition) is 6. The summed E-state index contributed by atoms with van der Waals surface area (Å²) in [4.78, 5) is 5.14. The first-order chi connectivity index (χ1) is 10.5. The van der Waals surface area contributed by atoms with Gasteiger partial charge in [-0.15, -0.1) is 5.10 Å². The van der Waals surface area contributed by atoms with Crippen molar-refractivity contribution in [3.8, 4) is 0 Å². The summed E-state index contributed by atoms with van der Waals surface area (Å²) in [5.74, 6) is 0.717. The van der Waals surface area contributed by atoms with Gasteiger partial charge in [0, 0.05) is 25.3 Å². The Hall–Kier alpha value is -1.90. The second-order valence-corrected chi connectivity index (χ2v) is 6.03. The molecule has 2 aromatic heterocycles. The highest BCUT2D eigenvalue weighted by Crippen LogP contribution is 2.36. The van der Waals surface area contributed by atoms with E-state index in [-0.39, 0.29) is 6.04 Å². The Balaban J connectivity index is 1.56. The van der Waals surface area contributed by atoms with E-state index in [1.165, 1.54) is 0 Å². The van der Waals surface area contributed by atoms with Crippen molar-refractivity contribution in [2.24, 2.45) is 0 Å². The molecule has 1 N–H and O–H groups in total. The van der Waals surface area contributed by atoms with Gasteiger partial charge in [-0.2, -0.15) is 18.3 Å². The molecule has 0 aromatic carbocycles. The van der Waals surface area contributed by atoms with Crippen molar-refractivity contribution in [3.05, 3.63) is 29.4 Å². The standard InChI is InChI=1S/C13H14F3N5S/c14-13(15,16)10-8-17-12(22-10)21-6-3-9(4-7-21)19-11-2-1-5-18-20-11/h1-2,5,8-9H,3-4,6-7H2,(H,19,20). The Labute approximate surface area is 129 Å². The first kappa shape index (κ1) is 15.0. The van der Waals surface area contributed by atoms with E-state index in [4.69, 9.17) is 0 Å². The average Bonchev–Trinajstić information content (AvgIpc) is 2.99. The third-order valence-corrected chi connectivity index (χ3v) is 4.57. The maximum atomic E-state index is 12.6. The summed E-state index contributed by atoms with van der Waals surface area (Å²) < 4.78 is 37.8. The van der Waals surface area contributed by atoms with Crippen LogP contribution in [0.3, 0.4) is 0 Å². The zero-order chi connectivity index (χ0) is 15.6. The summed E-state index contributed by atoms with van der Waals surface area (Å²) in [5, 5.41) is 11.5. The molecule has 0 atom stereocenters. The van der Waals surface area contributed by atoms with E-state index < -0.39 is 11.1 Å². The lowest BCUT2D eigenvalue weighted by Crippen LogP contribution is -2.39. The van der Waals surface area contributed by atoms with E-state index >= 15 is 0 Å². The monoisotopic (exact) mass is 329 g/mol. The highest BCUT2D eigenvalue weighted by atomic mass is 32.1. The molecule has 3 heterocycles. The number of hydrogen-bond donors (Lipinski definition) is 1. The van der Waals surface area contributed by atoms with Crippen LogP contribution in [0.15, 0.2) is 24.5 Å². The van der Waals surface area contributed by atoms with Crippen molar-refractivity contribution < 1.29 is 13.2 Å². The third kappa shape index (κ3) is 3.46. The average molecular weight is 329 g/mol. The number of anilines is 2. The van der Waals surface area contributed by atoms with E-state index in [9.17, 15) is 13.2 Å². The molecule has 0 saturated carbocycles. The molecule has 2 aromatic rings. The van der Waals surface area contributed by atoms with Gasteiger partial charge in [0.15, 0.2) is 5.13 Å². The van der Waals surface area contributed by atoms with Crippen molar-refractivity contribution in [2.45, 2.75) is 25.1 Å². The smallest absolute Gasteiger partial charge is 0.366 e. The summed E-state index contributed by atoms with van der Waals surface area (Å²) >= 11 is 0.699. The van der Waals surface area contributed by atoms with Crippen LogP contribution < -0.4 is 10.2 Å². The number of rotatable bonds is 3. The maximum Gasteiger partial charge on any atom is 0.427 e. The minimum absolute atomic E-state index is 0.245. The van der Waals surface area contributed by atoms with Gasteiger partial charge in [-0.3, -0.25) is 0 Å². The zero-order valence-electron chi connectivity index (χ0n) is 11.5. The number of piperidine rings is 1. The SMILES string of the molecule is FC(F)(F)c1cnc(N2CCC(Nc3cccnn3)CC2)s1. The Morgan fingerprint density at radius 1 is 1.27 bits per heavy atom. The lowest BCUT2D eigenvalue weighted by atomic mass is 10.1. The molecule has 1 saturated heterocycles. The van der Waals surface area contributed by atoms with E-state index in [0.717, 1.165) is 24.9 Å². The van der Waals surface area contributed by atoms with Crippen molar-refractivity contribution in [1.29, 1.82) is 0 Å². The summed E-state index contributed by atoms with van der Waals surface area (Å²) in [6, 6.07) is 3.89. The predicted octanol–water partition coefficient (Wildman–Crippen LogP) is 3.03. The van der Waals surface area contributed by atoms with Crippen LogP contribution in [0.4, 0.5) is 24.1 Å². The third-order valence-electron chi connectivity index (χ3n) is 3.46. The highest BCUT2D eigenvalue weighted by molar-refractivity contribution is 7.15. The molecule has 118 valence electrons. The molecule has 22 heavy (non-hydrogen) atoms. The van der Waals surface area contributed by atoms with Crippen LogP contribution in [0.2, 0.25) is 0 Å². The molecule has 0 radical (unpaired) electrons. The molecule has 0 amide bonds. The van der Waals surface area contributed by atoms with E-state index in [1.807, 2.05) is 11.0 Å². The van der Waals surface area contributed by atoms with Gasteiger partial charge in [0.05, 0.1) is 6.20 Å². The largest absolute Gasteiger partial charge is 0.427 e. The van der Waals surface area contributed by atoms with Crippen LogP contribution in [0.1, 0.15) is 17.7 Å². The molecular formula is C13H14F3N5S. The van der Waals surface area contributed by atoms with Gasteiger partial charge in [-0.05, 0) is 25.0 Å². The quantitative estimate of drug-likeness (QED) is 0.938. The fourth-order valence-corrected chi connectivity index (χ4v) is 3.18. The Morgan fingerprint density at radius 3 is 2.64 bits per heavy atom. The maximum absolute atomic E-state index is 12.6. The summed E-state index contributed by atoms with van der Waals surface area (Å²) in [6.07, 6.45) is -0.171. The number of nitrogens with one attached hydrogen (secondary N) is 1. The Bertz CT molecular complexity index is 608. The Kier molecular flexibility index (Phi) is 4.14. The van der Waals surface area contributed by atoms with Crippen LogP contribution in [0.25, 0.3) is 0 Å². The highest BCUT2D eigenvalue weighted by Gasteiger charge is 2.34. The van der Waals surface area contributed by atoms with E-state index in [2.05, 4.69) is 20.5 Å². The number of thiazole rings is 1. The second-order valence-electron chi connectivity index (χ2n) is 5.02. The number of nitrogens with zero attached hydrogens (tertiary/aromatic N) is 4. The summed E-state index contributed by atoms with van der Waals surface area (Å²) in [7, 11) is 0. The van der Waals surface area contributed by atoms with Gasteiger partial charge >= 0.3 is 6.18 Å². The topological polar surface area (TPSA) is 53.9 Å². The molecule has 1 aliphatic heterocycles. The summed E-state index contributed by atoms with van der Waals surface area (Å²) in [5.41, 5.74) is 0. The molecule has 0 bridgehead atoms. The number of aromatic nitrogens is 3. The van der Waals surface area contributed by atoms with Crippen LogP contribution in [-0.4, -0.2) is 34.3 Å². The van der Waals surface area contributed by atoms with Crippen molar-refractivity contribution in [1.82, 2.24) is 15.2 Å². The predicted molar refractivity (Wildman–Crippen MR) is 78.0 cm³/mol. The molecule has 0 unspecified atom stereocenters. The minimum Gasteiger partial charge on any atom is -0.366 e. The fourth-order valence-electron chi connectivity index (χ4n) is 2.34. The van der Waals surface area contributed by atoms with Gasteiger partial charge in [0.25, 0.3) is 0 Å². The molecule has 5 nitrogen and oxygen atoms in total. The van der Waals surface area contributed by atoms with Gasteiger partial charge < -0.3 is 10.2 Å². The van der Waals surface area contributed by atoms with Gasteiger partial charge in [-0.1, -0.05) is 11.3 Å². The van der Waals surface area contributed by atoms with Crippen molar-refractivity contribution in [2.75, 3.05) is 23.3 Å². The van der Waals surface area contributed by atoms with Crippen LogP contribution in [0, 0.1) is 0 Å². The van der Waals surface area contributed by atoms with Gasteiger partial charge in [0.2, 0.25) is 0 Å². The zero-order valence-corrected chi connectivity index (χ0v) is 12.4.